The predicted molar refractivity (Wildman–Crippen MR) is 102 cm³/mol. The number of para-hydroxylation sites is 1. The summed E-state index contributed by atoms with van der Waals surface area (Å²) < 4.78 is 1.55. The SMILES string of the molecule is CC1CCC(=O)N1c1ccc(NC(=O)c2cn(-c3ccccc3)nn2)cc1. The van der Waals surface area contributed by atoms with Crippen molar-refractivity contribution in [3.63, 3.8) is 0 Å². The molecule has 7 nitrogen and oxygen atoms in total. The van der Waals surface area contributed by atoms with Gasteiger partial charge in [0.1, 0.15) is 0 Å². The smallest absolute Gasteiger partial charge is 0.277 e. The number of hydrogen-bond donors (Lipinski definition) is 1. The van der Waals surface area contributed by atoms with Crippen LogP contribution in [-0.4, -0.2) is 32.9 Å². The third-order valence-electron chi connectivity index (χ3n) is 4.64. The van der Waals surface area contributed by atoms with Gasteiger partial charge in [0.15, 0.2) is 5.69 Å². The van der Waals surface area contributed by atoms with E-state index in [4.69, 9.17) is 0 Å². The molecule has 0 spiro atoms. The summed E-state index contributed by atoms with van der Waals surface area (Å²) in [6.45, 7) is 2.04. The zero-order chi connectivity index (χ0) is 18.8. The van der Waals surface area contributed by atoms with Gasteiger partial charge in [-0.3, -0.25) is 9.59 Å². The van der Waals surface area contributed by atoms with Crippen LogP contribution >= 0.6 is 0 Å². The van der Waals surface area contributed by atoms with Gasteiger partial charge in [-0.2, -0.15) is 0 Å². The van der Waals surface area contributed by atoms with E-state index >= 15 is 0 Å². The maximum Gasteiger partial charge on any atom is 0.277 e. The molecule has 0 saturated carbocycles. The lowest BCUT2D eigenvalue weighted by Crippen LogP contribution is -2.30. The van der Waals surface area contributed by atoms with Gasteiger partial charge in [0.2, 0.25) is 5.91 Å². The van der Waals surface area contributed by atoms with Crippen LogP contribution in [0.1, 0.15) is 30.3 Å². The molecule has 7 heteroatoms. The van der Waals surface area contributed by atoms with E-state index in [1.165, 1.54) is 0 Å². The molecule has 2 aromatic carbocycles. The molecule has 1 unspecified atom stereocenters. The van der Waals surface area contributed by atoms with Gasteiger partial charge in [0.05, 0.1) is 11.9 Å². The number of carbonyl (C=O) groups excluding carboxylic acids is 2. The fourth-order valence-corrected chi connectivity index (χ4v) is 3.20. The highest BCUT2D eigenvalue weighted by molar-refractivity contribution is 6.03. The summed E-state index contributed by atoms with van der Waals surface area (Å²) in [5.41, 5.74) is 2.54. The summed E-state index contributed by atoms with van der Waals surface area (Å²) in [4.78, 5) is 26.2. The molecule has 2 heterocycles. The van der Waals surface area contributed by atoms with E-state index in [1.807, 2.05) is 49.4 Å². The fraction of sp³-hybridized carbons (Fsp3) is 0.200. The van der Waals surface area contributed by atoms with Crippen molar-refractivity contribution in [2.45, 2.75) is 25.8 Å². The molecule has 0 aliphatic carbocycles. The summed E-state index contributed by atoms with van der Waals surface area (Å²) in [5, 5.41) is 10.7. The first-order chi connectivity index (χ1) is 13.1. The number of hydrogen-bond acceptors (Lipinski definition) is 4. The van der Waals surface area contributed by atoms with E-state index < -0.39 is 0 Å². The average molecular weight is 361 g/mol. The van der Waals surface area contributed by atoms with Crippen LogP contribution in [-0.2, 0) is 4.79 Å². The van der Waals surface area contributed by atoms with Crippen LogP contribution < -0.4 is 10.2 Å². The highest BCUT2D eigenvalue weighted by Crippen LogP contribution is 2.27. The van der Waals surface area contributed by atoms with Crippen LogP contribution in [0, 0.1) is 0 Å². The lowest BCUT2D eigenvalue weighted by Gasteiger charge is -2.21. The maximum atomic E-state index is 12.4. The van der Waals surface area contributed by atoms with E-state index in [9.17, 15) is 9.59 Å². The number of aromatic nitrogens is 3. The zero-order valence-corrected chi connectivity index (χ0v) is 14.9. The molecule has 1 atom stereocenters. The van der Waals surface area contributed by atoms with Crippen molar-refractivity contribution in [2.24, 2.45) is 0 Å². The molecule has 136 valence electrons. The predicted octanol–water partition coefficient (Wildman–Crippen LogP) is 3.03. The molecule has 1 aliphatic rings. The van der Waals surface area contributed by atoms with Crippen LogP contribution in [0.15, 0.2) is 60.8 Å². The molecule has 4 rings (SSSR count). The Morgan fingerprint density at radius 3 is 2.48 bits per heavy atom. The fourth-order valence-electron chi connectivity index (χ4n) is 3.20. The number of benzene rings is 2. The van der Waals surface area contributed by atoms with Crippen molar-refractivity contribution >= 4 is 23.2 Å². The second kappa shape index (κ2) is 7.03. The normalized spacial score (nSPS) is 16.6. The van der Waals surface area contributed by atoms with Crippen LogP contribution in [0.3, 0.4) is 0 Å². The summed E-state index contributed by atoms with van der Waals surface area (Å²) in [6, 6.07) is 16.9. The third kappa shape index (κ3) is 3.44. The first-order valence-electron chi connectivity index (χ1n) is 8.83. The van der Waals surface area contributed by atoms with Gasteiger partial charge in [-0.15, -0.1) is 5.10 Å². The van der Waals surface area contributed by atoms with Crippen LogP contribution in [0.25, 0.3) is 5.69 Å². The Bertz CT molecular complexity index is 966. The third-order valence-corrected chi connectivity index (χ3v) is 4.64. The lowest BCUT2D eigenvalue weighted by molar-refractivity contribution is -0.117. The molecular formula is C20H19N5O2. The first kappa shape index (κ1) is 17.0. The largest absolute Gasteiger partial charge is 0.321 e. The highest BCUT2D eigenvalue weighted by atomic mass is 16.2. The maximum absolute atomic E-state index is 12.4. The number of nitrogens with one attached hydrogen (secondary N) is 1. The van der Waals surface area contributed by atoms with Crippen molar-refractivity contribution in [3.8, 4) is 5.69 Å². The molecule has 1 N–H and O–H groups in total. The van der Waals surface area contributed by atoms with Crippen LogP contribution in [0.5, 0.6) is 0 Å². The second-order valence-electron chi connectivity index (χ2n) is 6.54. The molecule has 0 bridgehead atoms. The molecule has 1 aromatic heterocycles. The average Bonchev–Trinajstić information content (AvgIpc) is 3.31. The van der Waals surface area contributed by atoms with E-state index in [-0.39, 0.29) is 23.6 Å². The Morgan fingerprint density at radius 2 is 1.81 bits per heavy atom. The summed E-state index contributed by atoms with van der Waals surface area (Å²) in [5.74, 6) is -0.202. The molecule has 3 aromatic rings. The Balaban J connectivity index is 1.46. The lowest BCUT2D eigenvalue weighted by atomic mass is 10.2. The molecule has 0 radical (unpaired) electrons. The highest BCUT2D eigenvalue weighted by Gasteiger charge is 2.28. The van der Waals surface area contributed by atoms with Gasteiger partial charge in [0.25, 0.3) is 5.91 Å². The second-order valence-corrected chi connectivity index (χ2v) is 6.54. The molecule has 1 saturated heterocycles. The van der Waals surface area contributed by atoms with Gasteiger partial charge in [-0.25, -0.2) is 4.68 Å². The standard InChI is InChI=1S/C20H19N5O2/c1-14-7-12-19(26)25(14)17-10-8-15(9-11-17)21-20(27)18-13-24(23-22-18)16-5-3-2-4-6-16/h2-6,8-11,13-14H,7,12H2,1H3,(H,21,27). The minimum absolute atomic E-state index is 0.136. The van der Waals surface area contributed by atoms with E-state index in [1.54, 1.807) is 27.9 Å². The minimum Gasteiger partial charge on any atom is -0.321 e. The number of nitrogens with zero attached hydrogens (tertiary/aromatic N) is 4. The number of amides is 2. The number of carbonyl (C=O) groups is 2. The van der Waals surface area contributed by atoms with Crippen molar-refractivity contribution in [1.82, 2.24) is 15.0 Å². The van der Waals surface area contributed by atoms with Crippen LogP contribution in [0.4, 0.5) is 11.4 Å². The summed E-state index contributed by atoms with van der Waals surface area (Å²) >= 11 is 0. The monoisotopic (exact) mass is 361 g/mol. The summed E-state index contributed by atoms with van der Waals surface area (Å²) in [6.07, 6.45) is 3.04. The summed E-state index contributed by atoms with van der Waals surface area (Å²) in [7, 11) is 0. The minimum atomic E-state index is -0.337. The molecule has 27 heavy (non-hydrogen) atoms. The molecule has 2 amide bonds. The number of anilines is 2. The van der Waals surface area contributed by atoms with Gasteiger partial charge >= 0.3 is 0 Å². The quantitative estimate of drug-likeness (QED) is 0.775. The van der Waals surface area contributed by atoms with Gasteiger partial charge in [-0.05, 0) is 49.7 Å². The van der Waals surface area contributed by atoms with Crippen molar-refractivity contribution in [3.05, 3.63) is 66.5 Å². The Kier molecular flexibility index (Phi) is 4.42. The van der Waals surface area contributed by atoms with Crippen molar-refractivity contribution < 1.29 is 9.59 Å². The van der Waals surface area contributed by atoms with Gasteiger partial charge < -0.3 is 10.2 Å². The van der Waals surface area contributed by atoms with Gasteiger partial charge in [0, 0.05) is 23.8 Å². The van der Waals surface area contributed by atoms with E-state index in [0.29, 0.717) is 12.1 Å². The van der Waals surface area contributed by atoms with Crippen molar-refractivity contribution in [2.75, 3.05) is 10.2 Å². The Hall–Kier alpha value is -3.48. The van der Waals surface area contributed by atoms with E-state index in [2.05, 4.69) is 15.6 Å². The van der Waals surface area contributed by atoms with Crippen LogP contribution in [0.2, 0.25) is 0 Å². The first-order valence-corrected chi connectivity index (χ1v) is 8.83. The zero-order valence-electron chi connectivity index (χ0n) is 14.9. The molecular weight excluding hydrogens is 342 g/mol. The Labute approximate surface area is 156 Å². The van der Waals surface area contributed by atoms with Crippen molar-refractivity contribution in [1.29, 1.82) is 0 Å². The van der Waals surface area contributed by atoms with Gasteiger partial charge in [-0.1, -0.05) is 23.4 Å². The Morgan fingerprint density at radius 1 is 1.07 bits per heavy atom. The topological polar surface area (TPSA) is 80.1 Å². The van der Waals surface area contributed by atoms with E-state index in [0.717, 1.165) is 17.8 Å². The number of rotatable bonds is 4. The molecule has 1 fully saturated rings. The molecule has 1 aliphatic heterocycles.